The standard InChI is InChI=1S/C14H22ClN3/c1-4-13-10-18(6-5-17(13)3)14-11(2)7-12(8-15)9-16-14/h7,9,13H,4-6,8,10H2,1-3H3. The van der Waals surface area contributed by atoms with E-state index in [4.69, 9.17) is 11.6 Å². The van der Waals surface area contributed by atoms with Crippen molar-refractivity contribution >= 4 is 17.4 Å². The summed E-state index contributed by atoms with van der Waals surface area (Å²) in [5.74, 6) is 1.66. The molecule has 1 fully saturated rings. The summed E-state index contributed by atoms with van der Waals surface area (Å²) >= 11 is 5.84. The highest BCUT2D eigenvalue weighted by Crippen LogP contribution is 2.22. The maximum Gasteiger partial charge on any atom is 0.131 e. The van der Waals surface area contributed by atoms with E-state index in [1.807, 2.05) is 6.20 Å². The van der Waals surface area contributed by atoms with Gasteiger partial charge in [0, 0.05) is 37.8 Å². The number of rotatable bonds is 3. The van der Waals surface area contributed by atoms with E-state index in [0.717, 1.165) is 31.0 Å². The Hall–Kier alpha value is -0.800. The van der Waals surface area contributed by atoms with Crippen molar-refractivity contribution in [2.24, 2.45) is 0 Å². The molecule has 1 aliphatic rings. The lowest BCUT2D eigenvalue weighted by Crippen LogP contribution is -2.51. The number of aryl methyl sites for hydroxylation is 1. The van der Waals surface area contributed by atoms with E-state index in [2.05, 4.69) is 41.7 Å². The fourth-order valence-corrected chi connectivity index (χ4v) is 2.76. The van der Waals surface area contributed by atoms with Crippen molar-refractivity contribution < 1.29 is 0 Å². The maximum atomic E-state index is 5.84. The van der Waals surface area contributed by atoms with Crippen LogP contribution in [0.25, 0.3) is 0 Å². The molecule has 1 unspecified atom stereocenters. The lowest BCUT2D eigenvalue weighted by molar-refractivity contribution is 0.213. The molecule has 1 aromatic heterocycles. The third kappa shape index (κ3) is 2.78. The lowest BCUT2D eigenvalue weighted by atomic mass is 10.1. The third-order valence-corrected chi connectivity index (χ3v) is 4.12. The highest BCUT2D eigenvalue weighted by molar-refractivity contribution is 6.17. The van der Waals surface area contributed by atoms with Gasteiger partial charge < -0.3 is 4.90 Å². The zero-order valence-corrected chi connectivity index (χ0v) is 12.2. The van der Waals surface area contributed by atoms with Crippen LogP contribution in [0.3, 0.4) is 0 Å². The minimum absolute atomic E-state index is 0.536. The van der Waals surface area contributed by atoms with Crippen molar-refractivity contribution in [2.75, 3.05) is 31.6 Å². The average molecular weight is 268 g/mol. The lowest BCUT2D eigenvalue weighted by Gasteiger charge is -2.40. The number of likely N-dealkylation sites (N-methyl/N-ethyl adjacent to an activating group) is 1. The summed E-state index contributed by atoms with van der Waals surface area (Å²) in [6, 6.07) is 2.78. The van der Waals surface area contributed by atoms with E-state index in [0.29, 0.717) is 11.9 Å². The number of alkyl halides is 1. The summed E-state index contributed by atoms with van der Waals surface area (Å²) < 4.78 is 0. The Balaban J connectivity index is 2.16. The first-order valence-corrected chi connectivity index (χ1v) is 7.15. The summed E-state index contributed by atoms with van der Waals surface area (Å²) in [4.78, 5) is 9.44. The Bertz CT molecular complexity index is 408. The van der Waals surface area contributed by atoms with E-state index in [1.54, 1.807) is 0 Å². The van der Waals surface area contributed by atoms with Crippen LogP contribution in [0.4, 0.5) is 5.82 Å². The van der Waals surface area contributed by atoms with Gasteiger partial charge in [0.2, 0.25) is 0 Å². The summed E-state index contributed by atoms with van der Waals surface area (Å²) in [6.07, 6.45) is 3.08. The van der Waals surface area contributed by atoms with Gasteiger partial charge in [0.05, 0.1) is 0 Å². The Morgan fingerprint density at radius 2 is 2.22 bits per heavy atom. The molecule has 1 aromatic rings. The summed E-state index contributed by atoms with van der Waals surface area (Å²) in [6.45, 7) is 7.61. The Morgan fingerprint density at radius 1 is 1.44 bits per heavy atom. The summed E-state index contributed by atoms with van der Waals surface area (Å²) in [7, 11) is 2.21. The Morgan fingerprint density at radius 3 is 2.83 bits per heavy atom. The molecule has 0 amide bonds. The van der Waals surface area contributed by atoms with Gasteiger partial charge in [-0.05, 0) is 37.6 Å². The van der Waals surface area contributed by atoms with Crippen LogP contribution in [-0.4, -0.2) is 42.6 Å². The first-order valence-electron chi connectivity index (χ1n) is 6.62. The van der Waals surface area contributed by atoms with Crippen molar-refractivity contribution in [2.45, 2.75) is 32.2 Å². The van der Waals surface area contributed by atoms with Gasteiger partial charge in [-0.3, -0.25) is 4.90 Å². The molecule has 1 atom stereocenters. The van der Waals surface area contributed by atoms with Gasteiger partial charge in [-0.25, -0.2) is 4.98 Å². The minimum Gasteiger partial charge on any atom is -0.354 e. The van der Waals surface area contributed by atoms with Gasteiger partial charge in [-0.15, -0.1) is 11.6 Å². The van der Waals surface area contributed by atoms with E-state index in [1.165, 1.54) is 12.0 Å². The third-order valence-electron chi connectivity index (χ3n) is 3.81. The van der Waals surface area contributed by atoms with E-state index < -0.39 is 0 Å². The molecule has 2 heterocycles. The van der Waals surface area contributed by atoms with Gasteiger partial charge in [-0.2, -0.15) is 0 Å². The SMILES string of the molecule is CCC1CN(c2ncc(CCl)cc2C)CCN1C. The molecule has 0 saturated carbocycles. The fraction of sp³-hybridized carbons (Fsp3) is 0.643. The predicted octanol–water partition coefficient (Wildman–Crippen LogP) is 2.66. The molecule has 2 rings (SSSR count). The second-order valence-corrected chi connectivity index (χ2v) is 5.37. The molecular formula is C14H22ClN3. The predicted molar refractivity (Wildman–Crippen MR) is 77.5 cm³/mol. The van der Waals surface area contributed by atoms with Gasteiger partial charge in [0.1, 0.15) is 5.82 Å². The molecule has 18 heavy (non-hydrogen) atoms. The molecule has 0 N–H and O–H groups in total. The molecule has 3 nitrogen and oxygen atoms in total. The van der Waals surface area contributed by atoms with Crippen molar-refractivity contribution in [3.63, 3.8) is 0 Å². The van der Waals surface area contributed by atoms with Crippen LogP contribution >= 0.6 is 11.6 Å². The smallest absolute Gasteiger partial charge is 0.131 e. The number of anilines is 1. The van der Waals surface area contributed by atoms with Gasteiger partial charge in [-0.1, -0.05) is 6.92 Å². The molecular weight excluding hydrogens is 246 g/mol. The van der Waals surface area contributed by atoms with Gasteiger partial charge >= 0.3 is 0 Å². The van der Waals surface area contributed by atoms with Gasteiger partial charge in [0.25, 0.3) is 0 Å². The number of nitrogens with zero attached hydrogens (tertiary/aromatic N) is 3. The van der Waals surface area contributed by atoms with Crippen LogP contribution in [0, 0.1) is 6.92 Å². The zero-order valence-electron chi connectivity index (χ0n) is 11.5. The normalized spacial score (nSPS) is 21.3. The Labute approximate surface area is 115 Å². The van der Waals surface area contributed by atoms with Gasteiger partial charge in [0.15, 0.2) is 0 Å². The average Bonchev–Trinajstić information content (AvgIpc) is 2.39. The van der Waals surface area contributed by atoms with Crippen molar-refractivity contribution in [1.29, 1.82) is 0 Å². The Kier molecular flexibility index (Phi) is 4.46. The molecule has 1 saturated heterocycles. The number of aromatic nitrogens is 1. The van der Waals surface area contributed by atoms with Crippen LogP contribution in [-0.2, 0) is 5.88 Å². The van der Waals surface area contributed by atoms with Crippen LogP contribution in [0.5, 0.6) is 0 Å². The highest BCUT2D eigenvalue weighted by atomic mass is 35.5. The van der Waals surface area contributed by atoms with Crippen molar-refractivity contribution in [1.82, 2.24) is 9.88 Å². The number of hydrogen-bond donors (Lipinski definition) is 0. The second-order valence-electron chi connectivity index (χ2n) is 5.11. The molecule has 0 spiro atoms. The fourth-order valence-electron chi connectivity index (χ4n) is 2.61. The largest absolute Gasteiger partial charge is 0.354 e. The van der Waals surface area contributed by atoms with E-state index in [9.17, 15) is 0 Å². The summed E-state index contributed by atoms with van der Waals surface area (Å²) in [5, 5.41) is 0. The molecule has 0 radical (unpaired) electrons. The quantitative estimate of drug-likeness (QED) is 0.785. The first kappa shape index (κ1) is 13.6. The van der Waals surface area contributed by atoms with E-state index in [-0.39, 0.29) is 0 Å². The molecule has 4 heteroatoms. The van der Waals surface area contributed by atoms with Crippen LogP contribution < -0.4 is 4.90 Å². The van der Waals surface area contributed by atoms with Crippen LogP contribution in [0.1, 0.15) is 24.5 Å². The number of hydrogen-bond acceptors (Lipinski definition) is 3. The maximum absolute atomic E-state index is 5.84. The number of pyridine rings is 1. The highest BCUT2D eigenvalue weighted by Gasteiger charge is 2.24. The number of halogens is 1. The molecule has 0 aromatic carbocycles. The number of piperazine rings is 1. The second kappa shape index (κ2) is 5.89. The zero-order chi connectivity index (χ0) is 13.1. The van der Waals surface area contributed by atoms with Crippen molar-refractivity contribution in [3.05, 3.63) is 23.4 Å². The molecule has 100 valence electrons. The molecule has 0 aliphatic carbocycles. The topological polar surface area (TPSA) is 19.4 Å². The minimum atomic E-state index is 0.536. The van der Waals surface area contributed by atoms with Crippen molar-refractivity contribution in [3.8, 4) is 0 Å². The van der Waals surface area contributed by atoms with Crippen LogP contribution in [0.15, 0.2) is 12.3 Å². The van der Waals surface area contributed by atoms with Crippen LogP contribution in [0.2, 0.25) is 0 Å². The van der Waals surface area contributed by atoms with E-state index >= 15 is 0 Å². The monoisotopic (exact) mass is 267 g/mol. The summed E-state index contributed by atoms with van der Waals surface area (Å²) in [5.41, 5.74) is 2.33. The molecule has 0 bridgehead atoms. The first-order chi connectivity index (χ1) is 8.65. The molecule has 1 aliphatic heterocycles.